The average Bonchev–Trinajstić information content (AvgIpc) is 2.38. The van der Waals surface area contributed by atoms with Gasteiger partial charge in [0.05, 0.1) is 0 Å². The molecule has 1 amide bonds. The minimum absolute atomic E-state index is 0.0517. The normalized spacial score (nSPS) is 12.6. The largest absolute Gasteiger partial charge is 0.481 e. The number of ether oxygens (including phenoxy) is 1. The van der Waals surface area contributed by atoms with Crippen molar-refractivity contribution in [3.05, 3.63) is 29.8 Å². The highest BCUT2D eigenvalue weighted by molar-refractivity contribution is 5.80. The van der Waals surface area contributed by atoms with E-state index in [2.05, 4.69) is 33.0 Å². The summed E-state index contributed by atoms with van der Waals surface area (Å²) in [4.78, 5) is 12.0. The lowest BCUT2D eigenvalue weighted by molar-refractivity contribution is -0.127. The van der Waals surface area contributed by atoms with Crippen LogP contribution >= 0.6 is 0 Å². The number of para-hydroxylation sites is 1. The Labute approximate surface area is 122 Å². The van der Waals surface area contributed by atoms with Gasteiger partial charge in [-0.25, -0.2) is 0 Å². The van der Waals surface area contributed by atoms with Gasteiger partial charge >= 0.3 is 0 Å². The van der Waals surface area contributed by atoms with Gasteiger partial charge in [0.1, 0.15) is 5.75 Å². The lowest BCUT2D eigenvalue weighted by Gasteiger charge is -2.19. The third-order valence-corrected chi connectivity index (χ3v) is 3.23. The van der Waals surface area contributed by atoms with Gasteiger partial charge in [-0.15, -0.1) is 0 Å². The molecule has 0 aliphatic heterocycles. The SMILES string of the molecule is CC(C)CCNC(=O)[C@@H](C)Oc1ccccc1C(C)C. The molecule has 1 atom stereocenters. The van der Waals surface area contributed by atoms with Gasteiger partial charge in [-0.1, -0.05) is 45.9 Å². The molecule has 0 unspecified atom stereocenters. The van der Waals surface area contributed by atoms with Crippen LogP contribution in [-0.2, 0) is 4.79 Å². The molecule has 0 aromatic heterocycles. The van der Waals surface area contributed by atoms with E-state index in [-0.39, 0.29) is 5.91 Å². The van der Waals surface area contributed by atoms with Crippen LogP contribution in [0.4, 0.5) is 0 Å². The molecule has 0 aliphatic carbocycles. The fraction of sp³-hybridized carbons (Fsp3) is 0.588. The maximum atomic E-state index is 12.0. The molecule has 0 saturated carbocycles. The van der Waals surface area contributed by atoms with E-state index in [1.165, 1.54) is 0 Å². The Bertz CT molecular complexity index is 427. The van der Waals surface area contributed by atoms with E-state index in [1.54, 1.807) is 6.92 Å². The van der Waals surface area contributed by atoms with Crippen molar-refractivity contribution in [2.75, 3.05) is 6.54 Å². The van der Waals surface area contributed by atoms with Crippen molar-refractivity contribution in [3.63, 3.8) is 0 Å². The fourth-order valence-electron chi connectivity index (χ4n) is 1.94. The molecule has 0 aliphatic rings. The van der Waals surface area contributed by atoms with Crippen LogP contribution in [-0.4, -0.2) is 18.6 Å². The number of hydrogen-bond donors (Lipinski definition) is 1. The summed E-state index contributed by atoms with van der Waals surface area (Å²) >= 11 is 0. The fourth-order valence-corrected chi connectivity index (χ4v) is 1.94. The molecule has 3 nitrogen and oxygen atoms in total. The van der Waals surface area contributed by atoms with Crippen molar-refractivity contribution in [1.29, 1.82) is 0 Å². The van der Waals surface area contributed by atoms with E-state index in [1.807, 2.05) is 24.3 Å². The van der Waals surface area contributed by atoms with Crippen LogP contribution in [0.5, 0.6) is 5.75 Å². The van der Waals surface area contributed by atoms with Crippen LogP contribution in [0.3, 0.4) is 0 Å². The number of carbonyl (C=O) groups is 1. The molecule has 1 rings (SSSR count). The van der Waals surface area contributed by atoms with E-state index in [4.69, 9.17) is 4.74 Å². The van der Waals surface area contributed by atoms with E-state index in [9.17, 15) is 4.79 Å². The van der Waals surface area contributed by atoms with Gasteiger partial charge in [-0.05, 0) is 36.8 Å². The Morgan fingerprint density at radius 1 is 1.15 bits per heavy atom. The lowest BCUT2D eigenvalue weighted by atomic mass is 10.0. The van der Waals surface area contributed by atoms with Crippen molar-refractivity contribution in [3.8, 4) is 5.75 Å². The highest BCUT2D eigenvalue weighted by atomic mass is 16.5. The van der Waals surface area contributed by atoms with E-state index in [0.717, 1.165) is 17.7 Å². The van der Waals surface area contributed by atoms with Crippen molar-refractivity contribution in [2.24, 2.45) is 5.92 Å². The van der Waals surface area contributed by atoms with Gasteiger partial charge in [-0.3, -0.25) is 4.79 Å². The molecular weight excluding hydrogens is 250 g/mol. The maximum Gasteiger partial charge on any atom is 0.260 e. The molecule has 0 fully saturated rings. The summed E-state index contributed by atoms with van der Waals surface area (Å²) in [5, 5.41) is 2.92. The maximum absolute atomic E-state index is 12.0. The predicted octanol–water partition coefficient (Wildman–Crippen LogP) is 3.74. The van der Waals surface area contributed by atoms with E-state index in [0.29, 0.717) is 18.4 Å². The number of amides is 1. The summed E-state index contributed by atoms with van der Waals surface area (Å²) in [5.41, 5.74) is 1.13. The highest BCUT2D eigenvalue weighted by Gasteiger charge is 2.16. The minimum Gasteiger partial charge on any atom is -0.481 e. The van der Waals surface area contributed by atoms with Crippen LogP contribution in [0.15, 0.2) is 24.3 Å². The number of rotatable bonds is 7. The highest BCUT2D eigenvalue weighted by Crippen LogP contribution is 2.26. The zero-order valence-electron chi connectivity index (χ0n) is 13.3. The van der Waals surface area contributed by atoms with Crippen molar-refractivity contribution in [1.82, 2.24) is 5.32 Å². The van der Waals surface area contributed by atoms with Crippen molar-refractivity contribution < 1.29 is 9.53 Å². The summed E-state index contributed by atoms with van der Waals surface area (Å²) < 4.78 is 5.81. The van der Waals surface area contributed by atoms with E-state index >= 15 is 0 Å². The molecule has 3 heteroatoms. The van der Waals surface area contributed by atoms with Crippen LogP contribution in [0.2, 0.25) is 0 Å². The standard InChI is InChI=1S/C17H27NO2/c1-12(2)10-11-18-17(19)14(5)20-16-9-7-6-8-15(16)13(3)4/h6-9,12-14H,10-11H2,1-5H3,(H,18,19)/t14-/m1/s1. The molecule has 1 N–H and O–H groups in total. The molecule has 0 heterocycles. The molecule has 112 valence electrons. The number of benzene rings is 1. The first-order valence-electron chi connectivity index (χ1n) is 7.45. The molecular formula is C17H27NO2. The number of hydrogen-bond acceptors (Lipinski definition) is 2. The predicted molar refractivity (Wildman–Crippen MR) is 83.1 cm³/mol. The Morgan fingerprint density at radius 2 is 1.80 bits per heavy atom. The Hall–Kier alpha value is -1.51. The van der Waals surface area contributed by atoms with Gasteiger partial charge in [0, 0.05) is 6.54 Å². The number of carbonyl (C=O) groups excluding carboxylic acids is 1. The summed E-state index contributed by atoms with van der Waals surface area (Å²) in [5.74, 6) is 1.72. The Morgan fingerprint density at radius 3 is 2.40 bits per heavy atom. The molecule has 0 saturated heterocycles. The van der Waals surface area contributed by atoms with Crippen molar-refractivity contribution in [2.45, 2.75) is 53.1 Å². The van der Waals surface area contributed by atoms with Crippen LogP contribution in [0.25, 0.3) is 0 Å². The molecule has 1 aromatic carbocycles. The van der Waals surface area contributed by atoms with Gasteiger partial charge in [0.2, 0.25) is 0 Å². The molecule has 20 heavy (non-hydrogen) atoms. The zero-order chi connectivity index (χ0) is 15.1. The lowest BCUT2D eigenvalue weighted by Crippen LogP contribution is -2.37. The number of nitrogens with one attached hydrogen (secondary N) is 1. The van der Waals surface area contributed by atoms with Gasteiger partial charge in [0.15, 0.2) is 6.10 Å². The molecule has 1 aromatic rings. The van der Waals surface area contributed by atoms with E-state index < -0.39 is 6.10 Å². The second-order valence-corrected chi connectivity index (χ2v) is 5.93. The topological polar surface area (TPSA) is 38.3 Å². The summed E-state index contributed by atoms with van der Waals surface area (Å²) in [6.45, 7) is 11.0. The quantitative estimate of drug-likeness (QED) is 0.824. The first kappa shape index (κ1) is 16.5. The van der Waals surface area contributed by atoms with Gasteiger partial charge in [-0.2, -0.15) is 0 Å². The van der Waals surface area contributed by atoms with Gasteiger partial charge < -0.3 is 10.1 Å². The monoisotopic (exact) mass is 277 g/mol. The van der Waals surface area contributed by atoms with Crippen LogP contribution in [0.1, 0.15) is 52.5 Å². The summed E-state index contributed by atoms with van der Waals surface area (Å²) in [6, 6.07) is 7.90. The van der Waals surface area contributed by atoms with Crippen molar-refractivity contribution >= 4 is 5.91 Å². The zero-order valence-corrected chi connectivity index (χ0v) is 13.3. The first-order chi connectivity index (χ1) is 9.41. The second-order valence-electron chi connectivity index (χ2n) is 5.93. The van der Waals surface area contributed by atoms with Gasteiger partial charge in [0.25, 0.3) is 5.91 Å². The third kappa shape index (κ3) is 5.24. The third-order valence-electron chi connectivity index (χ3n) is 3.23. The smallest absolute Gasteiger partial charge is 0.260 e. The Balaban J connectivity index is 2.57. The summed E-state index contributed by atoms with van der Waals surface area (Å²) in [7, 11) is 0. The minimum atomic E-state index is -0.470. The van der Waals surface area contributed by atoms with Crippen LogP contribution in [0, 0.1) is 5.92 Å². The first-order valence-corrected chi connectivity index (χ1v) is 7.45. The second kappa shape index (κ2) is 7.93. The molecule has 0 bridgehead atoms. The Kier molecular flexibility index (Phi) is 6.56. The molecule has 0 spiro atoms. The summed E-state index contributed by atoms with van der Waals surface area (Å²) in [6.07, 6.45) is 0.517. The molecule has 0 radical (unpaired) electrons. The average molecular weight is 277 g/mol. The van der Waals surface area contributed by atoms with Crippen LogP contribution < -0.4 is 10.1 Å².